The van der Waals surface area contributed by atoms with E-state index in [0.717, 1.165) is 5.56 Å². The minimum atomic E-state index is -0.581. The van der Waals surface area contributed by atoms with Crippen LogP contribution < -0.4 is 11.1 Å². The number of ether oxygens (including phenoxy) is 1. The molecule has 8 heteroatoms. The summed E-state index contributed by atoms with van der Waals surface area (Å²) >= 11 is 0. The molecule has 0 saturated carbocycles. The Morgan fingerprint density at radius 1 is 1.41 bits per heavy atom. The van der Waals surface area contributed by atoms with E-state index in [-0.39, 0.29) is 29.7 Å². The molecule has 3 rings (SSSR count). The van der Waals surface area contributed by atoms with Crippen LogP contribution in [0.4, 0.5) is 14.9 Å². The molecule has 27 heavy (non-hydrogen) atoms. The molecular weight excluding hydrogens is 349 g/mol. The Morgan fingerprint density at radius 2 is 2.07 bits per heavy atom. The Kier molecular flexibility index (Phi) is 4.80. The van der Waals surface area contributed by atoms with Crippen molar-refractivity contribution in [3.63, 3.8) is 0 Å². The number of amides is 1. The van der Waals surface area contributed by atoms with Gasteiger partial charge in [0.15, 0.2) is 5.82 Å². The van der Waals surface area contributed by atoms with Gasteiger partial charge in [0.1, 0.15) is 11.1 Å². The fraction of sp³-hybridized carbons (Fsp3) is 0.579. The number of rotatable bonds is 1. The van der Waals surface area contributed by atoms with Crippen molar-refractivity contribution in [3.8, 4) is 0 Å². The van der Waals surface area contributed by atoms with Crippen LogP contribution in [0, 0.1) is 5.82 Å². The summed E-state index contributed by atoms with van der Waals surface area (Å²) in [5, 5.41) is 8.31. The summed E-state index contributed by atoms with van der Waals surface area (Å²) in [6.07, 6.45) is 1.39. The van der Waals surface area contributed by atoms with E-state index in [0.29, 0.717) is 17.6 Å². The predicted molar refractivity (Wildman–Crippen MR) is 103 cm³/mol. The van der Waals surface area contributed by atoms with Crippen molar-refractivity contribution in [2.75, 3.05) is 12.3 Å². The zero-order valence-electron chi connectivity index (χ0n) is 16.7. The molecule has 1 fully saturated rings. The van der Waals surface area contributed by atoms with E-state index >= 15 is 0 Å². The minimum Gasteiger partial charge on any atom is -0.444 e. The maximum atomic E-state index is 14.3. The van der Waals surface area contributed by atoms with Gasteiger partial charge in [0.2, 0.25) is 0 Å². The summed E-state index contributed by atoms with van der Waals surface area (Å²) in [4.78, 5) is 14.5. The average Bonchev–Trinajstić information content (AvgIpc) is 2.89. The molecule has 1 amide bonds. The smallest absolute Gasteiger partial charge is 0.410 e. The monoisotopic (exact) mass is 377 g/mol. The van der Waals surface area contributed by atoms with Crippen molar-refractivity contribution in [3.05, 3.63) is 23.6 Å². The first kappa shape index (κ1) is 19.4. The molecule has 2 aromatic rings. The van der Waals surface area contributed by atoms with E-state index in [9.17, 15) is 9.18 Å². The molecule has 1 saturated heterocycles. The molecule has 0 radical (unpaired) electrons. The van der Waals surface area contributed by atoms with E-state index in [1.807, 2.05) is 34.6 Å². The van der Waals surface area contributed by atoms with Crippen LogP contribution in [0.25, 0.3) is 10.9 Å². The Hall–Kier alpha value is -2.35. The highest BCUT2D eigenvalue weighted by Gasteiger charge is 2.39. The third-order valence-electron chi connectivity index (χ3n) is 4.88. The Morgan fingerprint density at radius 3 is 2.70 bits per heavy atom. The lowest BCUT2D eigenvalue weighted by molar-refractivity contribution is -0.00460. The molecule has 2 heterocycles. The van der Waals surface area contributed by atoms with Crippen LogP contribution in [0.15, 0.2) is 12.3 Å². The van der Waals surface area contributed by atoms with Gasteiger partial charge in [0.25, 0.3) is 0 Å². The van der Waals surface area contributed by atoms with Gasteiger partial charge in [-0.05, 0) is 40.7 Å². The Labute approximate surface area is 158 Å². The maximum absolute atomic E-state index is 14.3. The normalized spacial score (nSPS) is 23.7. The van der Waals surface area contributed by atoms with E-state index in [4.69, 9.17) is 10.5 Å². The molecular formula is C19H28FN5O2. The minimum absolute atomic E-state index is 0.0443. The zero-order valence-corrected chi connectivity index (χ0v) is 16.7. The summed E-state index contributed by atoms with van der Waals surface area (Å²) < 4.78 is 21.5. The van der Waals surface area contributed by atoms with Gasteiger partial charge in [-0.15, -0.1) is 0 Å². The lowest BCUT2D eigenvalue weighted by Crippen LogP contribution is -2.59. The molecule has 0 bridgehead atoms. The van der Waals surface area contributed by atoms with Gasteiger partial charge >= 0.3 is 6.09 Å². The number of aromatic nitrogens is 2. The standard InChI is InChI=1S/C19H28FN5O2/c1-10-8-22-16(11(2)25(10)18(26)27-19(3,4)5)15-12-9-24(6)23-17(12)13(20)7-14(15)21/h7,9-11,16,22H,8,21H2,1-6H3/t10-,11-,16?/m0/s1. The summed E-state index contributed by atoms with van der Waals surface area (Å²) in [5.41, 5.74) is 6.99. The van der Waals surface area contributed by atoms with Crippen LogP contribution in [0.2, 0.25) is 0 Å². The van der Waals surface area contributed by atoms with Crippen molar-refractivity contribution < 1.29 is 13.9 Å². The molecule has 7 nitrogen and oxygen atoms in total. The fourth-order valence-corrected chi connectivity index (χ4v) is 3.78. The highest BCUT2D eigenvalue weighted by Crippen LogP contribution is 2.36. The van der Waals surface area contributed by atoms with Crippen LogP contribution in [0.1, 0.15) is 46.2 Å². The first-order chi connectivity index (χ1) is 12.5. The number of hydrogen-bond acceptors (Lipinski definition) is 5. The summed E-state index contributed by atoms with van der Waals surface area (Å²) in [5.74, 6) is -0.451. The lowest BCUT2D eigenvalue weighted by atomic mass is 9.91. The SMILES string of the molecule is C[C@H]1CNC(c2c(N)cc(F)c3nn(C)cc23)[C@H](C)N1C(=O)OC(C)(C)C. The molecule has 1 unspecified atom stereocenters. The van der Waals surface area contributed by atoms with Gasteiger partial charge in [-0.2, -0.15) is 5.10 Å². The molecule has 1 aromatic heterocycles. The number of aryl methyl sites for hydroxylation is 1. The molecule has 0 aliphatic carbocycles. The number of fused-ring (bicyclic) bond motifs is 1. The van der Waals surface area contributed by atoms with Crippen molar-refractivity contribution >= 4 is 22.7 Å². The maximum Gasteiger partial charge on any atom is 0.410 e. The van der Waals surface area contributed by atoms with Gasteiger partial charge in [-0.25, -0.2) is 9.18 Å². The van der Waals surface area contributed by atoms with Crippen LogP contribution in [0.5, 0.6) is 0 Å². The topological polar surface area (TPSA) is 85.4 Å². The van der Waals surface area contributed by atoms with E-state index in [2.05, 4.69) is 10.4 Å². The second-order valence-electron chi connectivity index (χ2n) is 8.29. The number of nitrogens with zero attached hydrogens (tertiary/aromatic N) is 3. The molecule has 148 valence electrons. The molecule has 1 aromatic carbocycles. The summed E-state index contributed by atoms with van der Waals surface area (Å²) in [7, 11) is 1.74. The first-order valence-electron chi connectivity index (χ1n) is 9.15. The predicted octanol–water partition coefficient (Wildman–Crippen LogP) is 2.95. The third-order valence-corrected chi connectivity index (χ3v) is 4.88. The third kappa shape index (κ3) is 3.58. The molecule has 3 atom stereocenters. The zero-order chi connectivity index (χ0) is 20.1. The molecule has 1 aliphatic rings. The van der Waals surface area contributed by atoms with Crippen LogP contribution in [-0.4, -0.2) is 45.0 Å². The number of nitrogens with one attached hydrogen (secondary N) is 1. The van der Waals surface area contributed by atoms with Gasteiger partial charge in [0.05, 0.1) is 12.1 Å². The van der Waals surface area contributed by atoms with E-state index in [1.165, 1.54) is 6.07 Å². The Bertz CT molecular complexity index is 873. The number of piperazine rings is 1. The van der Waals surface area contributed by atoms with Gasteiger partial charge in [-0.1, -0.05) is 0 Å². The van der Waals surface area contributed by atoms with Crippen molar-refractivity contribution in [2.24, 2.45) is 7.05 Å². The van der Waals surface area contributed by atoms with Crippen LogP contribution >= 0.6 is 0 Å². The van der Waals surface area contributed by atoms with Gasteiger partial charge < -0.3 is 15.8 Å². The lowest BCUT2D eigenvalue weighted by Gasteiger charge is -2.45. The van der Waals surface area contributed by atoms with Crippen molar-refractivity contribution in [1.29, 1.82) is 0 Å². The molecule has 1 aliphatic heterocycles. The summed E-state index contributed by atoms with van der Waals surface area (Å²) in [6, 6.07) is 0.757. The number of carbonyl (C=O) groups excluding carboxylic acids is 1. The average molecular weight is 377 g/mol. The van der Waals surface area contributed by atoms with Crippen molar-refractivity contribution in [1.82, 2.24) is 20.0 Å². The van der Waals surface area contributed by atoms with Crippen LogP contribution in [0.3, 0.4) is 0 Å². The van der Waals surface area contributed by atoms with E-state index < -0.39 is 11.4 Å². The number of benzene rings is 1. The summed E-state index contributed by atoms with van der Waals surface area (Å²) in [6.45, 7) is 10.0. The Balaban J connectivity index is 2.03. The number of carbonyl (C=O) groups is 1. The quantitative estimate of drug-likeness (QED) is 0.747. The number of halogens is 1. The number of hydrogen-bond donors (Lipinski definition) is 2. The van der Waals surface area contributed by atoms with Gasteiger partial charge in [-0.3, -0.25) is 9.58 Å². The molecule has 0 spiro atoms. The number of anilines is 1. The van der Waals surface area contributed by atoms with Crippen LogP contribution in [-0.2, 0) is 11.8 Å². The van der Waals surface area contributed by atoms with E-state index in [1.54, 1.807) is 22.8 Å². The van der Waals surface area contributed by atoms with Crippen molar-refractivity contribution in [2.45, 2.75) is 58.3 Å². The second kappa shape index (κ2) is 6.67. The second-order valence-corrected chi connectivity index (χ2v) is 8.29. The highest BCUT2D eigenvalue weighted by atomic mass is 19.1. The first-order valence-corrected chi connectivity index (χ1v) is 9.15. The number of nitrogen functional groups attached to an aromatic ring is 1. The fourth-order valence-electron chi connectivity index (χ4n) is 3.78. The number of nitrogens with two attached hydrogens (primary N) is 1. The van der Waals surface area contributed by atoms with Gasteiger partial charge in [0, 0.05) is 42.5 Å². The largest absolute Gasteiger partial charge is 0.444 e. The molecule has 3 N–H and O–H groups in total. The highest BCUT2D eigenvalue weighted by molar-refractivity contribution is 5.88.